The predicted octanol–water partition coefficient (Wildman–Crippen LogP) is 4.25. The van der Waals surface area contributed by atoms with E-state index in [0.717, 1.165) is 5.56 Å². The van der Waals surface area contributed by atoms with Gasteiger partial charge in [-0.15, -0.1) is 0 Å². The van der Waals surface area contributed by atoms with E-state index in [1.807, 2.05) is 54.6 Å². The zero-order chi connectivity index (χ0) is 22.0. The van der Waals surface area contributed by atoms with Crippen molar-refractivity contribution in [1.82, 2.24) is 4.90 Å². The van der Waals surface area contributed by atoms with Gasteiger partial charge in [-0.25, -0.2) is 0 Å². The van der Waals surface area contributed by atoms with Gasteiger partial charge in [-0.1, -0.05) is 42.5 Å². The van der Waals surface area contributed by atoms with Crippen molar-refractivity contribution in [2.75, 3.05) is 26.6 Å². The topological polar surface area (TPSA) is 67.9 Å². The number of carbonyl (C=O) groups is 2. The lowest BCUT2D eigenvalue weighted by atomic mass is 9.79. The van der Waals surface area contributed by atoms with E-state index in [9.17, 15) is 9.59 Å². The standard InChI is InChI=1S/C25H24N2O4/c1-27-23(16-12-14-17(30-2)15-13-16)22(18-8-4-5-9-19(18)25(27)29)24(28)26-20-10-6-7-11-21(20)31-3/h4-15,22-23H,1-3H3,(H,26,28)/t22-,23-/m0/s1. The first-order chi connectivity index (χ1) is 15.0. The van der Waals surface area contributed by atoms with Crippen molar-refractivity contribution in [2.45, 2.75) is 12.0 Å². The molecular formula is C25H24N2O4. The number of hydrogen-bond donors (Lipinski definition) is 1. The largest absolute Gasteiger partial charge is 0.497 e. The Morgan fingerprint density at radius 3 is 2.29 bits per heavy atom. The average Bonchev–Trinajstić information content (AvgIpc) is 2.81. The molecule has 158 valence electrons. The van der Waals surface area contributed by atoms with Crippen LogP contribution in [0.4, 0.5) is 5.69 Å². The molecular weight excluding hydrogens is 392 g/mol. The summed E-state index contributed by atoms with van der Waals surface area (Å²) in [6, 6.07) is 21.5. The van der Waals surface area contributed by atoms with Crippen LogP contribution < -0.4 is 14.8 Å². The van der Waals surface area contributed by atoms with Gasteiger partial charge in [0.15, 0.2) is 0 Å². The molecule has 6 heteroatoms. The van der Waals surface area contributed by atoms with Crippen molar-refractivity contribution in [1.29, 1.82) is 0 Å². The van der Waals surface area contributed by atoms with Crippen LogP contribution in [0.25, 0.3) is 0 Å². The maximum absolute atomic E-state index is 13.6. The molecule has 1 heterocycles. The molecule has 3 aromatic carbocycles. The molecule has 1 aliphatic rings. The number of anilines is 1. The van der Waals surface area contributed by atoms with Crippen LogP contribution in [0.2, 0.25) is 0 Å². The molecule has 4 rings (SSSR count). The Labute approximate surface area is 181 Å². The maximum atomic E-state index is 13.6. The Kier molecular flexibility index (Phi) is 5.62. The summed E-state index contributed by atoms with van der Waals surface area (Å²) >= 11 is 0. The first-order valence-corrected chi connectivity index (χ1v) is 9.99. The Morgan fingerprint density at radius 1 is 0.903 bits per heavy atom. The fourth-order valence-corrected chi connectivity index (χ4v) is 4.13. The minimum absolute atomic E-state index is 0.113. The van der Waals surface area contributed by atoms with Crippen molar-refractivity contribution in [3.63, 3.8) is 0 Å². The van der Waals surface area contributed by atoms with E-state index in [1.54, 1.807) is 44.4 Å². The summed E-state index contributed by atoms with van der Waals surface area (Å²) in [5.41, 5.74) is 2.68. The Balaban J connectivity index is 1.80. The highest BCUT2D eigenvalue weighted by Gasteiger charge is 2.42. The summed E-state index contributed by atoms with van der Waals surface area (Å²) in [6.45, 7) is 0. The third-order valence-electron chi connectivity index (χ3n) is 5.68. The first-order valence-electron chi connectivity index (χ1n) is 9.99. The minimum Gasteiger partial charge on any atom is -0.497 e. The fourth-order valence-electron chi connectivity index (χ4n) is 4.13. The third-order valence-corrected chi connectivity index (χ3v) is 5.68. The Morgan fingerprint density at radius 2 is 1.58 bits per heavy atom. The quantitative estimate of drug-likeness (QED) is 0.675. The number of fused-ring (bicyclic) bond motifs is 1. The molecule has 0 bridgehead atoms. The monoisotopic (exact) mass is 416 g/mol. The molecule has 3 aromatic rings. The lowest BCUT2D eigenvalue weighted by Crippen LogP contribution is -2.44. The Hall–Kier alpha value is -3.80. The summed E-state index contributed by atoms with van der Waals surface area (Å²) in [7, 11) is 4.90. The number of carbonyl (C=O) groups excluding carboxylic acids is 2. The summed E-state index contributed by atoms with van der Waals surface area (Å²) in [6.07, 6.45) is 0. The van der Waals surface area contributed by atoms with Gasteiger partial charge in [0.2, 0.25) is 5.91 Å². The van der Waals surface area contributed by atoms with Gasteiger partial charge in [0.05, 0.1) is 31.9 Å². The number of likely N-dealkylation sites (N-methyl/N-ethyl adjacent to an activating group) is 1. The van der Waals surface area contributed by atoms with Crippen LogP contribution in [0.3, 0.4) is 0 Å². The predicted molar refractivity (Wildman–Crippen MR) is 119 cm³/mol. The van der Waals surface area contributed by atoms with Crippen molar-refractivity contribution in [2.24, 2.45) is 0 Å². The van der Waals surface area contributed by atoms with Gasteiger partial charge in [0, 0.05) is 12.6 Å². The second-order valence-corrected chi connectivity index (χ2v) is 7.39. The maximum Gasteiger partial charge on any atom is 0.254 e. The molecule has 1 aliphatic heterocycles. The number of nitrogens with one attached hydrogen (secondary N) is 1. The molecule has 6 nitrogen and oxygen atoms in total. The second-order valence-electron chi connectivity index (χ2n) is 7.39. The van der Waals surface area contributed by atoms with Crippen LogP contribution >= 0.6 is 0 Å². The highest BCUT2D eigenvalue weighted by atomic mass is 16.5. The molecule has 0 unspecified atom stereocenters. The van der Waals surface area contributed by atoms with E-state index in [1.165, 1.54) is 0 Å². The molecule has 0 saturated heterocycles. The van der Waals surface area contributed by atoms with Gasteiger partial charge in [-0.3, -0.25) is 9.59 Å². The van der Waals surface area contributed by atoms with Gasteiger partial charge < -0.3 is 19.7 Å². The summed E-state index contributed by atoms with van der Waals surface area (Å²) in [5.74, 6) is 0.362. The summed E-state index contributed by atoms with van der Waals surface area (Å²) in [4.78, 5) is 28.4. The van der Waals surface area contributed by atoms with E-state index in [2.05, 4.69) is 5.32 Å². The normalized spacial score (nSPS) is 17.6. The number of benzene rings is 3. The van der Waals surface area contributed by atoms with Crippen molar-refractivity contribution >= 4 is 17.5 Å². The highest BCUT2D eigenvalue weighted by Crippen LogP contribution is 2.43. The molecule has 0 aliphatic carbocycles. The van der Waals surface area contributed by atoms with Gasteiger partial charge in [0.25, 0.3) is 5.91 Å². The zero-order valence-corrected chi connectivity index (χ0v) is 17.7. The van der Waals surface area contributed by atoms with Gasteiger partial charge in [0.1, 0.15) is 11.5 Å². The number of amides is 2. The van der Waals surface area contributed by atoms with E-state index < -0.39 is 12.0 Å². The van der Waals surface area contributed by atoms with Crippen molar-refractivity contribution < 1.29 is 19.1 Å². The third kappa shape index (κ3) is 3.72. The van der Waals surface area contributed by atoms with E-state index >= 15 is 0 Å². The van der Waals surface area contributed by atoms with E-state index in [0.29, 0.717) is 28.3 Å². The van der Waals surface area contributed by atoms with Gasteiger partial charge in [-0.05, 0) is 41.5 Å². The number of methoxy groups -OCH3 is 2. The van der Waals surface area contributed by atoms with Crippen LogP contribution in [0.15, 0.2) is 72.8 Å². The minimum atomic E-state index is -0.600. The molecule has 0 saturated carbocycles. The molecule has 2 atom stereocenters. The van der Waals surface area contributed by atoms with E-state index in [-0.39, 0.29) is 11.8 Å². The average molecular weight is 416 g/mol. The van der Waals surface area contributed by atoms with Crippen LogP contribution in [0, 0.1) is 0 Å². The van der Waals surface area contributed by atoms with Crippen LogP contribution in [-0.2, 0) is 4.79 Å². The smallest absolute Gasteiger partial charge is 0.254 e. The molecule has 1 N–H and O–H groups in total. The summed E-state index contributed by atoms with van der Waals surface area (Å²) in [5, 5.41) is 3.00. The first kappa shape index (κ1) is 20.5. The second kappa shape index (κ2) is 8.52. The lowest BCUT2D eigenvalue weighted by molar-refractivity contribution is -0.119. The van der Waals surface area contributed by atoms with Crippen molar-refractivity contribution in [3.8, 4) is 11.5 Å². The van der Waals surface area contributed by atoms with Gasteiger partial charge >= 0.3 is 0 Å². The number of hydrogen-bond acceptors (Lipinski definition) is 4. The molecule has 0 radical (unpaired) electrons. The van der Waals surface area contributed by atoms with Gasteiger partial charge in [-0.2, -0.15) is 0 Å². The number of rotatable bonds is 5. The number of ether oxygens (including phenoxy) is 2. The number of nitrogens with zero attached hydrogens (tertiary/aromatic N) is 1. The molecule has 0 spiro atoms. The summed E-state index contributed by atoms with van der Waals surface area (Å²) < 4.78 is 10.7. The van der Waals surface area contributed by atoms with Crippen LogP contribution in [0.5, 0.6) is 11.5 Å². The molecule has 0 aromatic heterocycles. The zero-order valence-electron chi connectivity index (χ0n) is 17.7. The van der Waals surface area contributed by atoms with Crippen molar-refractivity contribution in [3.05, 3.63) is 89.5 Å². The lowest BCUT2D eigenvalue weighted by Gasteiger charge is -2.39. The molecule has 31 heavy (non-hydrogen) atoms. The highest BCUT2D eigenvalue weighted by molar-refractivity contribution is 6.04. The van der Waals surface area contributed by atoms with Crippen LogP contribution in [-0.4, -0.2) is 38.0 Å². The Bertz CT molecular complexity index is 1110. The number of para-hydroxylation sites is 2. The van der Waals surface area contributed by atoms with Crippen LogP contribution in [0.1, 0.15) is 33.4 Å². The SMILES string of the molecule is COc1ccc([C@H]2[C@@H](C(=O)Nc3ccccc3OC)c3ccccc3C(=O)N2C)cc1. The fraction of sp³-hybridized carbons (Fsp3) is 0.200. The molecule has 0 fully saturated rings. The molecule has 2 amide bonds. The van der Waals surface area contributed by atoms with E-state index in [4.69, 9.17) is 9.47 Å².